The molecular weight excluding hydrogens is 184 g/mol. The van der Waals surface area contributed by atoms with E-state index in [0.29, 0.717) is 12.0 Å². The molecule has 1 aliphatic heterocycles. The Morgan fingerprint density at radius 3 is 2.40 bits per heavy atom. The molecule has 2 fully saturated rings. The Hall–Kier alpha value is -0.530. The standard InChI is InChI=1S/C13H24N2/c1-10-7-8-11(2)15(9-10)13(14)12-5-3-4-6-12/h10-12,14H,3-9H2,1-2H3. The van der Waals surface area contributed by atoms with Crippen LogP contribution in [0.15, 0.2) is 0 Å². The molecule has 2 unspecified atom stereocenters. The zero-order valence-corrected chi connectivity index (χ0v) is 10.1. The molecule has 2 atom stereocenters. The summed E-state index contributed by atoms with van der Waals surface area (Å²) in [6.45, 7) is 5.73. The number of hydrogen-bond acceptors (Lipinski definition) is 1. The van der Waals surface area contributed by atoms with Crippen LogP contribution in [0.3, 0.4) is 0 Å². The molecular formula is C13H24N2. The molecule has 0 aromatic heterocycles. The van der Waals surface area contributed by atoms with E-state index < -0.39 is 0 Å². The lowest BCUT2D eigenvalue weighted by atomic mass is 9.93. The third-order valence-electron chi connectivity index (χ3n) is 4.17. The number of likely N-dealkylation sites (tertiary alicyclic amines) is 1. The number of amidine groups is 1. The van der Waals surface area contributed by atoms with E-state index in [1.54, 1.807) is 0 Å². The molecule has 0 radical (unpaired) electrons. The zero-order chi connectivity index (χ0) is 10.8. The topological polar surface area (TPSA) is 27.1 Å². The van der Waals surface area contributed by atoms with E-state index >= 15 is 0 Å². The van der Waals surface area contributed by atoms with Gasteiger partial charge in [-0.05, 0) is 38.5 Å². The molecule has 0 amide bonds. The van der Waals surface area contributed by atoms with Crippen LogP contribution in [0.5, 0.6) is 0 Å². The Labute approximate surface area is 93.6 Å². The summed E-state index contributed by atoms with van der Waals surface area (Å²) in [4.78, 5) is 2.38. The van der Waals surface area contributed by atoms with Gasteiger partial charge < -0.3 is 4.90 Å². The Bertz CT molecular complexity index is 231. The molecule has 86 valence electrons. The second kappa shape index (κ2) is 4.54. The van der Waals surface area contributed by atoms with Gasteiger partial charge in [-0.25, -0.2) is 0 Å². The lowest BCUT2D eigenvalue weighted by molar-refractivity contribution is 0.197. The number of rotatable bonds is 1. The van der Waals surface area contributed by atoms with Gasteiger partial charge in [0.25, 0.3) is 0 Å². The molecule has 0 spiro atoms. The van der Waals surface area contributed by atoms with Crippen molar-refractivity contribution in [2.45, 2.75) is 58.4 Å². The first-order valence-electron chi connectivity index (χ1n) is 6.53. The Kier molecular flexibility index (Phi) is 3.32. The number of nitrogens with one attached hydrogen (secondary N) is 1. The molecule has 0 aromatic carbocycles. The summed E-state index contributed by atoms with van der Waals surface area (Å²) >= 11 is 0. The summed E-state index contributed by atoms with van der Waals surface area (Å²) in [6.07, 6.45) is 7.81. The van der Waals surface area contributed by atoms with Gasteiger partial charge in [0.05, 0.1) is 5.84 Å². The van der Waals surface area contributed by atoms with E-state index in [9.17, 15) is 0 Å². The largest absolute Gasteiger partial charge is 0.357 e. The van der Waals surface area contributed by atoms with Gasteiger partial charge in [0.15, 0.2) is 0 Å². The fourth-order valence-corrected chi connectivity index (χ4v) is 3.06. The minimum absolute atomic E-state index is 0.581. The normalized spacial score (nSPS) is 33.3. The minimum atomic E-state index is 0.581. The minimum Gasteiger partial charge on any atom is -0.357 e. The lowest BCUT2D eigenvalue weighted by Crippen LogP contribution is -2.46. The van der Waals surface area contributed by atoms with E-state index in [1.165, 1.54) is 38.5 Å². The first kappa shape index (κ1) is 11.0. The third kappa shape index (κ3) is 2.35. The Morgan fingerprint density at radius 2 is 1.73 bits per heavy atom. The highest BCUT2D eigenvalue weighted by atomic mass is 15.2. The molecule has 15 heavy (non-hydrogen) atoms. The van der Waals surface area contributed by atoms with Crippen molar-refractivity contribution >= 4 is 5.84 Å². The van der Waals surface area contributed by atoms with Gasteiger partial charge in [0.2, 0.25) is 0 Å². The van der Waals surface area contributed by atoms with Crippen LogP contribution in [0.4, 0.5) is 0 Å². The number of piperidine rings is 1. The van der Waals surface area contributed by atoms with Crippen LogP contribution >= 0.6 is 0 Å². The van der Waals surface area contributed by atoms with Crippen LogP contribution in [0, 0.1) is 17.2 Å². The average molecular weight is 208 g/mol. The molecule has 1 saturated carbocycles. The smallest absolute Gasteiger partial charge is 0.0991 e. The van der Waals surface area contributed by atoms with Gasteiger partial charge in [0.1, 0.15) is 0 Å². The highest BCUT2D eigenvalue weighted by Gasteiger charge is 2.30. The van der Waals surface area contributed by atoms with Crippen LogP contribution in [0.2, 0.25) is 0 Å². The average Bonchev–Trinajstić information content (AvgIpc) is 2.74. The van der Waals surface area contributed by atoms with Gasteiger partial charge in [0, 0.05) is 18.5 Å². The van der Waals surface area contributed by atoms with Crippen molar-refractivity contribution in [1.82, 2.24) is 4.90 Å². The molecule has 2 nitrogen and oxygen atoms in total. The monoisotopic (exact) mass is 208 g/mol. The Balaban J connectivity index is 1.97. The highest BCUT2D eigenvalue weighted by molar-refractivity contribution is 5.82. The predicted molar refractivity (Wildman–Crippen MR) is 64.3 cm³/mol. The van der Waals surface area contributed by atoms with Crippen LogP contribution in [-0.2, 0) is 0 Å². The lowest BCUT2D eigenvalue weighted by Gasteiger charge is -2.40. The van der Waals surface area contributed by atoms with Gasteiger partial charge in [-0.3, -0.25) is 5.41 Å². The van der Waals surface area contributed by atoms with Gasteiger partial charge in [-0.15, -0.1) is 0 Å². The van der Waals surface area contributed by atoms with Crippen molar-refractivity contribution < 1.29 is 0 Å². The SMILES string of the molecule is CC1CCC(C)N(C(=N)C2CCCC2)C1. The summed E-state index contributed by atoms with van der Waals surface area (Å²) in [7, 11) is 0. The highest BCUT2D eigenvalue weighted by Crippen LogP contribution is 2.30. The van der Waals surface area contributed by atoms with E-state index in [0.717, 1.165) is 18.3 Å². The van der Waals surface area contributed by atoms with Crippen molar-refractivity contribution in [2.75, 3.05) is 6.54 Å². The van der Waals surface area contributed by atoms with Crippen molar-refractivity contribution in [3.63, 3.8) is 0 Å². The molecule has 1 saturated heterocycles. The van der Waals surface area contributed by atoms with Crippen LogP contribution in [0.1, 0.15) is 52.4 Å². The van der Waals surface area contributed by atoms with Crippen LogP contribution < -0.4 is 0 Å². The van der Waals surface area contributed by atoms with Crippen molar-refractivity contribution in [1.29, 1.82) is 5.41 Å². The first-order chi connectivity index (χ1) is 7.18. The van der Waals surface area contributed by atoms with E-state index in [2.05, 4.69) is 18.7 Å². The first-order valence-corrected chi connectivity index (χ1v) is 6.53. The summed E-state index contributed by atoms with van der Waals surface area (Å²) in [6, 6.07) is 0.606. The maximum atomic E-state index is 8.33. The number of nitrogens with zero attached hydrogens (tertiary/aromatic N) is 1. The number of hydrogen-bond donors (Lipinski definition) is 1. The Morgan fingerprint density at radius 1 is 1.07 bits per heavy atom. The molecule has 1 N–H and O–H groups in total. The van der Waals surface area contributed by atoms with Gasteiger partial charge in [-0.2, -0.15) is 0 Å². The van der Waals surface area contributed by atoms with E-state index in [1.807, 2.05) is 0 Å². The van der Waals surface area contributed by atoms with Crippen molar-refractivity contribution in [2.24, 2.45) is 11.8 Å². The van der Waals surface area contributed by atoms with E-state index in [-0.39, 0.29) is 0 Å². The fraction of sp³-hybridized carbons (Fsp3) is 0.923. The maximum Gasteiger partial charge on any atom is 0.0991 e. The second-order valence-corrected chi connectivity index (χ2v) is 5.55. The molecule has 2 aliphatic rings. The maximum absolute atomic E-state index is 8.33. The molecule has 0 aromatic rings. The predicted octanol–water partition coefficient (Wildman–Crippen LogP) is 3.27. The summed E-state index contributed by atoms with van der Waals surface area (Å²) in [5.74, 6) is 2.31. The zero-order valence-electron chi connectivity index (χ0n) is 10.1. The van der Waals surface area contributed by atoms with Crippen molar-refractivity contribution in [3.05, 3.63) is 0 Å². The molecule has 0 bridgehead atoms. The van der Waals surface area contributed by atoms with Gasteiger partial charge >= 0.3 is 0 Å². The van der Waals surface area contributed by atoms with E-state index in [4.69, 9.17) is 5.41 Å². The summed E-state index contributed by atoms with van der Waals surface area (Å²) in [5, 5.41) is 8.33. The molecule has 2 rings (SSSR count). The molecule has 1 heterocycles. The van der Waals surface area contributed by atoms with Crippen LogP contribution in [0.25, 0.3) is 0 Å². The van der Waals surface area contributed by atoms with Crippen LogP contribution in [-0.4, -0.2) is 23.3 Å². The fourth-order valence-electron chi connectivity index (χ4n) is 3.06. The van der Waals surface area contributed by atoms with Gasteiger partial charge in [-0.1, -0.05) is 19.8 Å². The molecule has 2 heteroatoms. The third-order valence-corrected chi connectivity index (χ3v) is 4.17. The quantitative estimate of drug-likeness (QED) is 0.519. The van der Waals surface area contributed by atoms with Crippen molar-refractivity contribution in [3.8, 4) is 0 Å². The molecule has 1 aliphatic carbocycles. The summed E-state index contributed by atoms with van der Waals surface area (Å²) in [5.41, 5.74) is 0. The second-order valence-electron chi connectivity index (χ2n) is 5.55. The summed E-state index contributed by atoms with van der Waals surface area (Å²) < 4.78 is 0.